The van der Waals surface area contributed by atoms with Gasteiger partial charge in [-0.3, -0.25) is 0 Å². The maximum absolute atomic E-state index is 10.5. The van der Waals surface area contributed by atoms with Crippen LogP contribution in [0.1, 0.15) is 0 Å². The summed E-state index contributed by atoms with van der Waals surface area (Å²) in [7, 11) is 0. The molecule has 0 spiro atoms. The average Bonchev–Trinajstić information content (AvgIpc) is 2.47. The Hall–Kier alpha value is 0.660. The van der Waals surface area contributed by atoms with Crippen LogP contribution in [0.5, 0.6) is 0 Å². The maximum atomic E-state index is 10.5. The Balaban J connectivity index is 4.93. The molecule has 16 nitrogen and oxygen atoms in total. The van der Waals surface area contributed by atoms with Gasteiger partial charge in [0.2, 0.25) is 0 Å². The molecule has 0 bridgehead atoms. The van der Waals surface area contributed by atoms with Gasteiger partial charge in [-0.05, 0) is 0 Å². The predicted molar refractivity (Wildman–Crippen MR) is 65.6 cm³/mol. The van der Waals surface area contributed by atoms with Gasteiger partial charge in [0.15, 0.2) is 0 Å². The molecule has 0 aromatic heterocycles. The fourth-order valence-electron chi connectivity index (χ4n) is 1.03. The minimum atomic E-state index is -2.12. The molecular formula is C5H12I2N4O12-4. The standard InChI is InChI=1S/C5H12I2N4O12/c12-6-9(15)21-2-5(3-22-10(16)17,4-23-11(18)19)1-20-7-8(13)14/h13,15-16,18H,1-4H2/q-4. The van der Waals surface area contributed by atoms with E-state index in [1.165, 1.54) is 0 Å². The quantitative estimate of drug-likeness (QED) is 0.0889. The second-order valence-electron chi connectivity index (χ2n) is 3.64. The Labute approximate surface area is 149 Å². The van der Waals surface area contributed by atoms with Crippen molar-refractivity contribution >= 4 is 21.5 Å². The third-order valence-corrected chi connectivity index (χ3v) is 3.51. The predicted octanol–water partition coefficient (Wildman–Crippen LogP) is -3.81. The van der Waals surface area contributed by atoms with Crippen molar-refractivity contribution < 1.29 is 63.4 Å². The molecule has 0 fully saturated rings. The van der Waals surface area contributed by atoms with Gasteiger partial charge in [-0.15, -0.1) is 0 Å². The van der Waals surface area contributed by atoms with E-state index in [1.807, 2.05) is 0 Å². The molecule has 0 amide bonds. The van der Waals surface area contributed by atoms with E-state index in [0.29, 0.717) is 0 Å². The average molecular weight is 574 g/mol. The van der Waals surface area contributed by atoms with E-state index in [2.05, 4.69) is 14.5 Å². The monoisotopic (exact) mass is 574 g/mol. The third-order valence-electron chi connectivity index (χ3n) is 1.97. The van der Waals surface area contributed by atoms with Gasteiger partial charge in [-0.2, -0.15) is 0 Å². The summed E-state index contributed by atoms with van der Waals surface area (Å²) >= 11 is -3.98. The van der Waals surface area contributed by atoms with Crippen molar-refractivity contribution in [2.24, 2.45) is 5.41 Å². The Morgan fingerprint density at radius 2 is 1.39 bits per heavy atom. The van der Waals surface area contributed by atoms with Crippen LogP contribution in [-0.4, -0.2) is 64.9 Å². The fourth-order valence-corrected chi connectivity index (χ4v) is 2.32. The molecule has 23 heavy (non-hydrogen) atoms. The van der Waals surface area contributed by atoms with E-state index in [1.54, 1.807) is 0 Å². The van der Waals surface area contributed by atoms with Crippen LogP contribution in [0.3, 0.4) is 0 Å². The zero-order valence-corrected chi connectivity index (χ0v) is 15.2. The molecule has 0 aliphatic heterocycles. The van der Waals surface area contributed by atoms with Crippen LogP contribution >= 0.6 is 21.5 Å². The number of halogens is 2. The van der Waals surface area contributed by atoms with Crippen molar-refractivity contribution in [3.63, 3.8) is 0 Å². The van der Waals surface area contributed by atoms with Gasteiger partial charge in [-0.1, -0.05) is 0 Å². The second kappa shape index (κ2) is 12.9. The second-order valence-corrected chi connectivity index (χ2v) is 6.70. The van der Waals surface area contributed by atoms with E-state index in [-0.39, 0.29) is 3.44 Å². The SMILES string of the molecule is O=IN(O)OCC(CO[I-]N([O-])O)(CON([O-])O)CON([O-])O. The summed E-state index contributed by atoms with van der Waals surface area (Å²) in [5, 5.41) is 63.7. The fraction of sp³-hybridized carbons (Fsp3) is 1.00. The van der Waals surface area contributed by atoms with Crippen LogP contribution < -0.4 is 21.9 Å². The van der Waals surface area contributed by atoms with E-state index in [9.17, 15) is 18.7 Å². The Bertz CT molecular complexity index is 312. The van der Waals surface area contributed by atoms with Crippen LogP contribution in [0.15, 0.2) is 0 Å². The molecule has 0 radical (unpaired) electrons. The summed E-state index contributed by atoms with van der Waals surface area (Å²) in [6, 6.07) is 0. The van der Waals surface area contributed by atoms with E-state index < -0.39 is 89.4 Å². The molecule has 0 aromatic rings. The van der Waals surface area contributed by atoms with Gasteiger partial charge in [0.25, 0.3) is 0 Å². The van der Waals surface area contributed by atoms with Gasteiger partial charge in [0.1, 0.15) is 0 Å². The summed E-state index contributed by atoms with van der Waals surface area (Å²) in [6.07, 6.45) is 0. The first kappa shape index (κ1) is 23.7. The van der Waals surface area contributed by atoms with Crippen LogP contribution in [-0.2, 0) is 20.6 Å². The van der Waals surface area contributed by atoms with Crippen LogP contribution in [0, 0.1) is 21.0 Å². The molecule has 0 heterocycles. The van der Waals surface area contributed by atoms with Crippen LogP contribution in [0.2, 0.25) is 0 Å². The third kappa shape index (κ3) is 12.6. The minimum absolute atomic E-state index is 0.0313. The number of nitrogens with zero attached hydrogens (tertiary/aromatic N) is 4. The molecule has 142 valence electrons. The summed E-state index contributed by atoms with van der Waals surface area (Å²) in [5.41, 5.74) is -1.63. The normalized spacial score (nSPS) is 13.2. The van der Waals surface area contributed by atoms with Crippen LogP contribution in [0.4, 0.5) is 0 Å². The topological polar surface area (TPSA) is 217 Å². The molecule has 18 heteroatoms. The van der Waals surface area contributed by atoms with Gasteiger partial charge in [0.05, 0.1) is 0 Å². The van der Waals surface area contributed by atoms with E-state index in [0.717, 1.165) is 0 Å². The van der Waals surface area contributed by atoms with Crippen LogP contribution in [0.25, 0.3) is 0 Å². The van der Waals surface area contributed by atoms with Crippen molar-refractivity contribution in [3.8, 4) is 0 Å². The summed E-state index contributed by atoms with van der Waals surface area (Å²) < 4.78 is 14.8. The zero-order chi connectivity index (χ0) is 17.9. The first-order chi connectivity index (χ1) is 10.7. The van der Waals surface area contributed by atoms with Crippen molar-refractivity contribution in [2.75, 3.05) is 26.4 Å². The summed E-state index contributed by atoms with van der Waals surface area (Å²) in [5.74, 6) is 0. The number of hydrogen-bond acceptors (Lipinski definition) is 15. The Morgan fingerprint density at radius 1 is 0.913 bits per heavy atom. The van der Waals surface area contributed by atoms with Crippen molar-refractivity contribution in [3.05, 3.63) is 15.6 Å². The molecule has 0 unspecified atom stereocenters. The van der Waals surface area contributed by atoms with Gasteiger partial charge in [0, 0.05) is 0 Å². The van der Waals surface area contributed by atoms with Crippen molar-refractivity contribution in [1.29, 1.82) is 0 Å². The molecule has 0 saturated carbocycles. The Morgan fingerprint density at radius 3 is 1.78 bits per heavy atom. The van der Waals surface area contributed by atoms with Crippen molar-refractivity contribution in [1.82, 2.24) is 17.7 Å². The van der Waals surface area contributed by atoms with Gasteiger partial charge < -0.3 is 0 Å². The Kier molecular flexibility index (Phi) is 13.3. The molecule has 0 atom stereocenters. The zero-order valence-electron chi connectivity index (χ0n) is 10.9. The first-order valence-corrected chi connectivity index (χ1v) is 8.80. The summed E-state index contributed by atoms with van der Waals surface area (Å²) in [6.45, 7) is -2.65. The first-order valence-electron chi connectivity index (χ1n) is 5.11. The van der Waals surface area contributed by atoms with E-state index >= 15 is 0 Å². The van der Waals surface area contributed by atoms with E-state index in [4.69, 9.17) is 23.9 Å². The number of hydrogen-bond donors (Lipinski definition) is 4. The molecule has 0 saturated heterocycles. The molecule has 0 rings (SSSR count). The molecule has 0 aliphatic rings. The molecule has 0 aromatic carbocycles. The van der Waals surface area contributed by atoms with Gasteiger partial charge in [-0.25, -0.2) is 0 Å². The summed E-state index contributed by atoms with van der Waals surface area (Å²) in [4.78, 5) is 13.1. The van der Waals surface area contributed by atoms with Crippen molar-refractivity contribution in [2.45, 2.75) is 0 Å². The number of rotatable bonds is 14. The molecule has 4 N–H and O–H groups in total. The molecular weight excluding hydrogens is 562 g/mol. The molecule has 0 aliphatic carbocycles. The van der Waals surface area contributed by atoms with Gasteiger partial charge >= 0.3 is 150 Å².